The molecule has 1 aromatic heterocycles. The monoisotopic (exact) mass is 206 g/mol. The van der Waals surface area contributed by atoms with Gasteiger partial charge in [-0.3, -0.25) is 4.21 Å². The molecule has 0 saturated heterocycles. The normalized spacial score (nSPS) is 12.5. The van der Waals surface area contributed by atoms with Crippen LogP contribution in [0.3, 0.4) is 0 Å². The molecule has 0 spiro atoms. The molecule has 0 aliphatic heterocycles. The summed E-state index contributed by atoms with van der Waals surface area (Å²) < 4.78 is 28.7. The van der Waals surface area contributed by atoms with E-state index in [4.69, 9.17) is 0 Å². The second-order valence-electron chi connectivity index (χ2n) is 1.76. The van der Waals surface area contributed by atoms with Crippen LogP contribution >= 0.6 is 11.5 Å². The predicted octanol–water partition coefficient (Wildman–Crippen LogP) is 0.168. The van der Waals surface area contributed by atoms with Gasteiger partial charge in [0.2, 0.25) is 0 Å². The fraction of sp³-hybridized carbons (Fsp3) is 0.200. The number of nitrogens with zero attached hydrogens (tertiary/aromatic N) is 1. The van der Waals surface area contributed by atoms with Gasteiger partial charge in [-0.05, 0) is 22.6 Å². The largest absolute Gasteiger partial charge is 0.767 e. The van der Waals surface area contributed by atoms with Crippen molar-refractivity contribution in [2.45, 2.75) is 5.03 Å². The number of hydrogen-bond acceptors (Lipinski definition) is 6. The lowest BCUT2D eigenvalue weighted by atomic mass is 10.4. The van der Waals surface area contributed by atoms with Gasteiger partial charge in [0.25, 0.3) is 0 Å². The maximum absolute atomic E-state index is 10.9. The SMILES string of the molecule is COC(=O)c1csnc1S(=O)[O-]. The van der Waals surface area contributed by atoms with Crippen molar-refractivity contribution in [1.82, 2.24) is 4.37 Å². The Hall–Kier alpha value is -0.790. The number of carbonyl (C=O) groups excluding carboxylic acids is 1. The first kappa shape index (κ1) is 9.30. The molecule has 66 valence electrons. The molecule has 12 heavy (non-hydrogen) atoms. The third-order valence-electron chi connectivity index (χ3n) is 1.10. The van der Waals surface area contributed by atoms with Crippen LogP contribution in [0.4, 0.5) is 0 Å². The van der Waals surface area contributed by atoms with Crippen molar-refractivity contribution in [3.05, 3.63) is 10.9 Å². The number of hydrogen-bond donors (Lipinski definition) is 0. The van der Waals surface area contributed by atoms with Crippen molar-refractivity contribution in [3.63, 3.8) is 0 Å². The standard InChI is InChI=1S/C5H5NO4S2/c1-10-5(7)3-2-11-6-4(3)12(8)9/h2H,1H3,(H,8,9)/p-1. The van der Waals surface area contributed by atoms with E-state index in [2.05, 4.69) is 9.11 Å². The van der Waals surface area contributed by atoms with Gasteiger partial charge in [-0.2, -0.15) is 4.37 Å². The topological polar surface area (TPSA) is 79.3 Å². The Balaban J connectivity index is 3.07. The molecule has 1 rings (SSSR count). The smallest absolute Gasteiger partial charge is 0.341 e. The molecule has 0 bridgehead atoms. The van der Waals surface area contributed by atoms with Gasteiger partial charge in [-0.15, -0.1) is 0 Å². The average Bonchev–Trinajstić information content (AvgIpc) is 2.50. The van der Waals surface area contributed by atoms with Gasteiger partial charge < -0.3 is 9.29 Å². The predicted molar refractivity (Wildman–Crippen MR) is 40.6 cm³/mol. The number of rotatable bonds is 2. The highest BCUT2D eigenvalue weighted by atomic mass is 32.2. The Morgan fingerprint density at radius 3 is 3.00 bits per heavy atom. The molecule has 1 heterocycles. The van der Waals surface area contributed by atoms with Gasteiger partial charge >= 0.3 is 5.97 Å². The second kappa shape index (κ2) is 3.74. The molecular weight excluding hydrogens is 202 g/mol. The third-order valence-corrected chi connectivity index (χ3v) is 2.47. The number of aromatic nitrogens is 1. The van der Waals surface area contributed by atoms with Crippen LogP contribution in [0, 0.1) is 0 Å². The van der Waals surface area contributed by atoms with Gasteiger partial charge in [0, 0.05) is 5.38 Å². The summed E-state index contributed by atoms with van der Waals surface area (Å²) in [7, 11) is 1.18. The molecule has 0 aliphatic rings. The Morgan fingerprint density at radius 1 is 1.83 bits per heavy atom. The van der Waals surface area contributed by atoms with Crippen molar-refractivity contribution in [2.24, 2.45) is 0 Å². The van der Waals surface area contributed by atoms with Crippen LogP contribution in [0.1, 0.15) is 10.4 Å². The van der Waals surface area contributed by atoms with Gasteiger partial charge in [0.15, 0.2) is 0 Å². The molecule has 0 aliphatic carbocycles. The van der Waals surface area contributed by atoms with E-state index in [-0.39, 0.29) is 10.6 Å². The summed E-state index contributed by atoms with van der Waals surface area (Å²) in [5.41, 5.74) is -0.0177. The lowest BCUT2D eigenvalue weighted by Crippen LogP contribution is -2.04. The Labute approximate surface area is 74.8 Å². The fourth-order valence-corrected chi connectivity index (χ4v) is 1.92. The van der Waals surface area contributed by atoms with Gasteiger partial charge in [-0.25, -0.2) is 4.79 Å². The summed E-state index contributed by atoms with van der Waals surface area (Å²) in [5.74, 6) is -0.692. The molecule has 0 fully saturated rings. The van der Waals surface area contributed by atoms with Crippen LogP contribution in [-0.2, 0) is 15.8 Å². The zero-order valence-electron chi connectivity index (χ0n) is 5.97. The first-order valence-corrected chi connectivity index (χ1v) is 4.70. The Morgan fingerprint density at radius 2 is 2.50 bits per heavy atom. The lowest BCUT2D eigenvalue weighted by Gasteiger charge is -2.02. The van der Waals surface area contributed by atoms with Gasteiger partial charge in [0.1, 0.15) is 10.6 Å². The number of esters is 1. The summed E-state index contributed by atoms with van der Waals surface area (Å²) in [6, 6.07) is 0. The molecule has 1 aromatic rings. The van der Waals surface area contributed by atoms with E-state index in [1.54, 1.807) is 0 Å². The second-order valence-corrected chi connectivity index (χ2v) is 3.24. The number of ether oxygens (including phenoxy) is 1. The van der Waals surface area contributed by atoms with Gasteiger partial charge in [0.05, 0.1) is 7.11 Å². The zero-order valence-corrected chi connectivity index (χ0v) is 7.61. The number of carbonyl (C=O) groups is 1. The first-order chi connectivity index (χ1) is 5.66. The molecule has 1 atom stereocenters. The maximum Gasteiger partial charge on any atom is 0.341 e. The summed E-state index contributed by atoms with van der Waals surface area (Å²) >= 11 is -1.59. The van der Waals surface area contributed by atoms with E-state index in [1.165, 1.54) is 12.5 Å². The van der Waals surface area contributed by atoms with Crippen molar-refractivity contribution in [1.29, 1.82) is 0 Å². The molecule has 0 aromatic carbocycles. The number of methoxy groups -OCH3 is 1. The molecule has 7 heteroatoms. The minimum atomic E-state index is -2.48. The van der Waals surface area contributed by atoms with Crippen LogP contribution in [-0.4, -0.2) is 26.2 Å². The van der Waals surface area contributed by atoms with Crippen LogP contribution in [0.2, 0.25) is 0 Å². The molecule has 1 unspecified atom stereocenters. The highest BCUT2D eigenvalue weighted by Gasteiger charge is 2.14. The van der Waals surface area contributed by atoms with Crippen LogP contribution < -0.4 is 0 Å². The summed E-state index contributed by atoms with van der Waals surface area (Å²) in [5, 5.41) is 1.07. The van der Waals surface area contributed by atoms with Crippen molar-refractivity contribution >= 4 is 28.6 Å². The fourth-order valence-electron chi connectivity index (χ4n) is 0.592. The average molecular weight is 206 g/mol. The summed E-state index contributed by atoms with van der Waals surface area (Å²) in [6.07, 6.45) is 0. The summed E-state index contributed by atoms with van der Waals surface area (Å²) in [4.78, 5) is 10.9. The molecule has 0 N–H and O–H groups in total. The zero-order chi connectivity index (χ0) is 9.14. The summed E-state index contributed by atoms with van der Waals surface area (Å²) in [6.45, 7) is 0. The minimum absolute atomic E-state index is 0.0177. The lowest BCUT2D eigenvalue weighted by molar-refractivity contribution is 0.0596. The quantitative estimate of drug-likeness (QED) is 0.509. The van der Waals surface area contributed by atoms with E-state index in [9.17, 15) is 13.6 Å². The highest BCUT2D eigenvalue weighted by molar-refractivity contribution is 7.79. The first-order valence-electron chi connectivity index (χ1n) is 2.78. The van der Waals surface area contributed by atoms with Crippen molar-refractivity contribution in [3.8, 4) is 0 Å². The van der Waals surface area contributed by atoms with E-state index < -0.39 is 17.0 Å². The molecular formula is C5H4NO4S2-. The highest BCUT2D eigenvalue weighted by Crippen LogP contribution is 2.14. The van der Waals surface area contributed by atoms with E-state index in [1.807, 2.05) is 0 Å². The third kappa shape index (κ3) is 1.68. The Bertz CT molecular complexity index is 321. The van der Waals surface area contributed by atoms with Gasteiger partial charge in [-0.1, -0.05) is 0 Å². The van der Waals surface area contributed by atoms with Crippen LogP contribution in [0.25, 0.3) is 0 Å². The van der Waals surface area contributed by atoms with E-state index in [0.717, 1.165) is 11.5 Å². The van der Waals surface area contributed by atoms with Crippen LogP contribution in [0.15, 0.2) is 10.4 Å². The van der Waals surface area contributed by atoms with Crippen molar-refractivity contribution < 1.29 is 18.3 Å². The van der Waals surface area contributed by atoms with Crippen LogP contribution in [0.5, 0.6) is 0 Å². The molecule has 0 radical (unpaired) electrons. The van der Waals surface area contributed by atoms with E-state index in [0.29, 0.717) is 0 Å². The van der Waals surface area contributed by atoms with Crippen molar-refractivity contribution in [2.75, 3.05) is 7.11 Å². The Kier molecular flexibility index (Phi) is 2.90. The van der Waals surface area contributed by atoms with E-state index >= 15 is 0 Å². The molecule has 0 saturated carbocycles. The minimum Gasteiger partial charge on any atom is -0.767 e. The molecule has 0 amide bonds. The molecule has 5 nitrogen and oxygen atoms in total. The maximum atomic E-state index is 10.9.